The summed E-state index contributed by atoms with van der Waals surface area (Å²) in [5.41, 5.74) is 2.57. The van der Waals surface area contributed by atoms with Gasteiger partial charge in [-0.2, -0.15) is 4.31 Å². The lowest BCUT2D eigenvalue weighted by Gasteiger charge is -2.26. The molecule has 8 nitrogen and oxygen atoms in total. The average Bonchev–Trinajstić information content (AvgIpc) is 3.45. The van der Waals surface area contributed by atoms with Crippen LogP contribution < -0.4 is 0 Å². The van der Waals surface area contributed by atoms with E-state index in [0.717, 1.165) is 12.1 Å². The summed E-state index contributed by atoms with van der Waals surface area (Å²) in [5, 5.41) is 0. The second kappa shape index (κ2) is 8.80. The van der Waals surface area contributed by atoms with E-state index in [1.165, 1.54) is 4.31 Å². The van der Waals surface area contributed by atoms with E-state index in [2.05, 4.69) is 0 Å². The third-order valence-electron chi connectivity index (χ3n) is 6.17. The highest BCUT2D eigenvalue weighted by Crippen LogP contribution is 2.38. The molecule has 0 N–H and O–H groups in total. The van der Waals surface area contributed by atoms with Crippen LogP contribution in [0.1, 0.15) is 35.1 Å². The van der Waals surface area contributed by atoms with E-state index < -0.39 is 10.0 Å². The molecule has 2 aliphatic rings. The molecule has 32 heavy (non-hydrogen) atoms. The van der Waals surface area contributed by atoms with Gasteiger partial charge in [-0.15, -0.1) is 0 Å². The summed E-state index contributed by atoms with van der Waals surface area (Å²) in [7, 11) is -3.64. The molecular weight excluding hydrogens is 432 g/mol. The van der Waals surface area contributed by atoms with Crippen molar-refractivity contribution in [1.82, 2.24) is 8.87 Å². The second-order valence-electron chi connectivity index (χ2n) is 8.48. The summed E-state index contributed by atoms with van der Waals surface area (Å²) in [5.74, 6) is -0.362. The number of Topliss-reactive ketones (excluding diaryl/α,β-unsaturated/α-hetero) is 1. The van der Waals surface area contributed by atoms with Crippen molar-refractivity contribution in [2.75, 3.05) is 32.9 Å². The van der Waals surface area contributed by atoms with Crippen molar-refractivity contribution in [3.8, 4) is 5.69 Å². The first kappa shape index (κ1) is 22.7. The Morgan fingerprint density at radius 1 is 1.16 bits per heavy atom. The van der Waals surface area contributed by atoms with Gasteiger partial charge in [0.15, 0.2) is 6.61 Å². The van der Waals surface area contributed by atoms with E-state index in [-0.39, 0.29) is 29.2 Å². The number of rotatable bonds is 7. The quantitative estimate of drug-likeness (QED) is 0.465. The number of morpholine rings is 1. The number of benzene rings is 1. The molecule has 2 fully saturated rings. The maximum atomic E-state index is 13.0. The number of carbonyl (C=O) groups excluding carboxylic acids is 2. The van der Waals surface area contributed by atoms with Crippen LogP contribution in [0.25, 0.3) is 5.69 Å². The van der Waals surface area contributed by atoms with Gasteiger partial charge in [-0.1, -0.05) is 13.0 Å². The Morgan fingerprint density at radius 2 is 1.84 bits per heavy atom. The molecule has 1 saturated carbocycles. The number of aryl methyl sites for hydroxylation is 1. The van der Waals surface area contributed by atoms with Crippen LogP contribution in [0, 0.1) is 25.7 Å². The van der Waals surface area contributed by atoms with Crippen LogP contribution in [-0.2, 0) is 24.3 Å². The van der Waals surface area contributed by atoms with Gasteiger partial charge in [0.05, 0.1) is 24.0 Å². The number of carbonyl (C=O) groups is 2. The third-order valence-corrected chi connectivity index (χ3v) is 8.07. The number of aromatic nitrogens is 1. The fraction of sp³-hybridized carbons (Fsp3) is 0.478. The largest absolute Gasteiger partial charge is 0.457 e. The summed E-state index contributed by atoms with van der Waals surface area (Å²) in [4.78, 5) is 24.9. The highest BCUT2D eigenvalue weighted by molar-refractivity contribution is 7.89. The molecule has 9 heteroatoms. The number of nitrogens with zero attached hydrogens (tertiary/aromatic N) is 2. The summed E-state index contributed by atoms with van der Waals surface area (Å²) in [6.45, 7) is 6.75. The molecule has 2 aromatic rings. The summed E-state index contributed by atoms with van der Waals surface area (Å²) < 4.78 is 39.8. The van der Waals surface area contributed by atoms with Crippen molar-refractivity contribution in [2.45, 2.75) is 32.1 Å². The number of ether oxygens (including phenoxy) is 2. The predicted molar refractivity (Wildman–Crippen MR) is 117 cm³/mol. The van der Waals surface area contributed by atoms with E-state index in [0.29, 0.717) is 49.2 Å². The Balaban J connectivity index is 1.56. The molecule has 0 spiro atoms. The number of hydrogen-bond donors (Lipinski definition) is 0. The number of sulfonamides is 1. The molecule has 0 amide bonds. The first-order valence-electron chi connectivity index (χ1n) is 10.8. The summed E-state index contributed by atoms with van der Waals surface area (Å²) in [6, 6.07) is 8.44. The Labute approximate surface area is 188 Å². The zero-order chi connectivity index (χ0) is 23.0. The first-order chi connectivity index (χ1) is 15.2. The molecule has 1 aromatic heterocycles. The molecule has 4 rings (SSSR count). The molecule has 0 unspecified atom stereocenters. The minimum absolute atomic E-state index is 0.0913. The highest BCUT2D eigenvalue weighted by atomic mass is 32.2. The Morgan fingerprint density at radius 3 is 2.50 bits per heavy atom. The van der Waals surface area contributed by atoms with Crippen LogP contribution in [0.4, 0.5) is 0 Å². The monoisotopic (exact) mass is 460 g/mol. The van der Waals surface area contributed by atoms with Crippen LogP contribution in [-0.4, -0.2) is 62.0 Å². The summed E-state index contributed by atoms with van der Waals surface area (Å²) in [6.07, 6.45) is 0.811. The van der Waals surface area contributed by atoms with Crippen LogP contribution in [0.15, 0.2) is 35.2 Å². The Hall–Kier alpha value is -2.49. The fourth-order valence-electron chi connectivity index (χ4n) is 4.13. The van der Waals surface area contributed by atoms with Crippen LogP contribution in [0.3, 0.4) is 0 Å². The Kier molecular flexibility index (Phi) is 6.24. The van der Waals surface area contributed by atoms with Crippen LogP contribution in [0.2, 0.25) is 0 Å². The smallest absolute Gasteiger partial charge is 0.309 e. The van der Waals surface area contributed by atoms with Gasteiger partial charge in [-0.05, 0) is 50.5 Å². The van der Waals surface area contributed by atoms with Gasteiger partial charge in [-0.25, -0.2) is 8.42 Å². The zero-order valence-corrected chi connectivity index (χ0v) is 19.4. The van der Waals surface area contributed by atoms with Gasteiger partial charge in [0, 0.05) is 35.7 Å². The van der Waals surface area contributed by atoms with Gasteiger partial charge in [-0.3, -0.25) is 9.59 Å². The van der Waals surface area contributed by atoms with Gasteiger partial charge in [0.1, 0.15) is 0 Å². The predicted octanol–water partition coefficient (Wildman–Crippen LogP) is 2.50. The molecule has 1 aliphatic carbocycles. The molecular formula is C23H28N2O6S. The first-order valence-corrected chi connectivity index (χ1v) is 12.2. The fourth-order valence-corrected chi connectivity index (χ4v) is 5.58. The SMILES string of the molecule is Cc1cc(C(=O)COC(=O)[C@H]2C[C@H]2C)c(C)n1-c1cccc(S(=O)(=O)N2CCOCC2)c1. The van der Waals surface area contributed by atoms with Crippen molar-refractivity contribution in [3.63, 3.8) is 0 Å². The van der Waals surface area contributed by atoms with Crippen molar-refractivity contribution in [2.24, 2.45) is 11.8 Å². The van der Waals surface area contributed by atoms with Crippen LogP contribution >= 0.6 is 0 Å². The zero-order valence-electron chi connectivity index (χ0n) is 18.5. The van der Waals surface area contributed by atoms with Crippen molar-refractivity contribution < 1.29 is 27.5 Å². The number of ketones is 1. The molecule has 1 aromatic carbocycles. The van der Waals surface area contributed by atoms with Gasteiger partial charge >= 0.3 is 5.97 Å². The average molecular weight is 461 g/mol. The topological polar surface area (TPSA) is 94.9 Å². The molecule has 0 bridgehead atoms. The van der Waals surface area contributed by atoms with E-state index in [1.807, 2.05) is 18.4 Å². The lowest BCUT2D eigenvalue weighted by molar-refractivity contribution is -0.144. The molecule has 1 aliphatic heterocycles. The Bertz CT molecular complexity index is 1150. The lowest BCUT2D eigenvalue weighted by Crippen LogP contribution is -2.40. The van der Waals surface area contributed by atoms with Crippen molar-refractivity contribution >= 4 is 21.8 Å². The molecule has 1 saturated heterocycles. The maximum absolute atomic E-state index is 13.0. The standard InChI is InChI=1S/C23H28N2O6S/c1-15-11-20(15)23(27)31-14-22(26)21-12-16(2)25(17(21)3)18-5-4-6-19(13-18)32(28,29)24-7-9-30-10-8-24/h4-6,12-13,15,20H,7-11,14H2,1-3H3/t15-,20+/m1/s1. The third kappa shape index (κ3) is 4.37. The number of esters is 1. The lowest BCUT2D eigenvalue weighted by atomic mass is 10.1. The molecule has 2 heterocycles. The van der Waals surface area contributed by atoms with E-state index in [9.17, 15) is 18.0 Å². The van der Waals surface area contributed by atoms with Crippen LogP contribution in [0.5, 0.6) is 0 Å². The van der Waals surface area contributed by atoms with E-state index in [1.54, 1.807) is 37.3 Å². The highest BCUT2D eigenvalue weighted by Gasteiger charge is 2.40. The van der Waals surface area contributed by atoms with E-state index >= 15 is 0 Å². The normalized spacial score (nSPS) is 21.3. The van der Waals surface area contributed by atoms with Gasteiger partial charge in [0.2, 0.25) is 15.8 Å². The van der Waals surface area contributed by atoms with Crippen molar-refractivity contribution in [3.05, 3.63) is 47.3 Å². The van der Waals surface area contributed by atoms with E-state index in [4.69, 9.17) is 9.47 Å². The van der Waals surface area contributed by atoms with Gasteiger partial charge in [0.25, 0.3) is 0 Å². The molecule has 0 radical (unpaired) electrons. The van der Waals surface area contributed by atoms with Crippen molar-refractivity contribution in [1.29, 1.82) is 0 Å². The summed E-state index contributed by atoms with van der Waals surface area (Å²) >= 11 is 0. The number of hydrogen-bond acceptors (Lipinski definition) is 6. The molecule has 2 atom stereocenters. The second-order valence-corrected chi connectivity index (χ2v) is 10.4. The minimum Gasteiger partial charge on any atom is -0.457 e. The van der Waals surface area contributed by atoms with Gasteiger partial charge < -0.3 is 14.0 Å². The maximum Gasteiger partial charge on any atom is 0.309 e. The minimum atomic E-state index is -3.64. The molecule has 172 valence electrons.